The van der Waals surface area contributed by atoms with Crippen molar-refractivity contribution < 1.29 is 9.53 Å². The summed E-state index contributed by atoms with van der Waals surface area (Å²) in [5.41, 5.74) is 3.04. The van der Waals surface area contributed by atoms with Crippen molar-refractivity contribution in [2.75, 3.05) is 5.75 Å². The van der Waals surface area contributed by atoms with E-state index in [2.05, 4.69) is 16.0 Å². The van der Waals surface area contributed by atoms with Crippen LogP contribution < -0.4 is 5.56 Å². The predicted molar refractivity (Wildman–Crippen MR) is 111 cm³/mol. The van der Waals surface area contributed by atoms with E-state index in [0.29, 0.717) is 16.0 Å². The van der Waals surface area contributed by atoms with Crippen molar-refractivity contribution >= 4 is 39.3 Å². The minimum absolute atomic E-state index is 0.190. The Labute approximate surface area is 166 Å². The van der Waals surface area contributed by atoms with E-state index < -0.39 is 6.10 Å². The second kappa shape index (κ2) is 7.86. The number of aromatic nitrogens is 2. The SMILES string of the molecule is Cc1ccc(C)c(SCC(=O)O[C@@H](C)c2nc3sc(C)c(C)c3c(=O)[nH]2)c1. The molecule has 0 unspecified atom stereocenters. The number of hydrogen-bond acceptors (Lipinski definition) is 6. The fourth-order valence-electron chi connectivity index (χ4n) is 2.75. The van der Waals surface area contributed by atoms with Gasteiger partial charge in [0, 0.05) is 9.77 Å². The monoisotopic (exact) mass is 402 g/mol. The van der Waals surface area contributed by atoms with E-state index in [0.717, 1.165) is 26.5 Å². The van der Waals surface area contributed by atoms with Gasteiger partial charge in [-0.1, -0.05) is 17.7 Å². The van der Waals surface area contributed by atoms with E-state index in [1.807, 2.05) is 39.8 Å². The molecule has 27 heavy (non-hydrogen) atoms. The van der Waals surface area contributed by atoms with Crippen molar-refractivity contribution in [1.82, 2.24) is 9.97 Å². The summed E-state index contributed by atoms with van der Waals surface area (Å²) >= 11 is 2.93. The molecule has 1 aromatic carbocycles. The molecule has 3 aromatic rings. The Hall–Kier alpha value is -2.12. The van der Waals surface area contributed by atoms with Gasteiger partial charge in [-0.15, -0.1) is 23.1 Å². The van der Waals surface area contributed by atoms with E-state index in [1.165, 1.54) is 23.1 Å². The second-order valence-electron chi connectivity index (χ2n) is 6.60. The number of H-pyrrole nitrogens is 1. The molecule has 5 nitrogen and oxygen atoms in total. The summed E-state index contributed by atoms with van der Waals surface area (Å²) in [5.74, 6) is 0.242. The predicted octanol–water partition coefficient (Wildman–Crippen LogP) is 4.61. The van der Waals surface area contributed by atoms with Crippen LogP contribution in [-0.2, 0) is 9.53 Å². The molecule has 2 heterocycles. The number of esters is 1. The molecule has 3 rings (SSSR count). The highest BCUT2D eigenvalue weighted by Crippen LogP contribution is 2.27. The van der Waals surface area contributed by atoms with Gasteiger partial charge in [0.05, 0.1) is 11.1 Å². The first-order chi connectivity index (χ1) is 12.8. The van der Waals surface area contributed by atoms with Crippen LogP contribution in [0, 0.1) is 27.7 Å². The molecule has 7 heteroatoms. The average Bonchev–Trinajstić information content (AvgIpc) is 2.90. The molecule has 0 bridgehead atoms. The van der Waals surface area contributed by atoms with Gasteiger partial charge in [-0.25, -0.2) is 4.98 Å². The first-order valence-corrected chi connectivity index (χ1v) is 10.5. The summed E-state index contributed by atoms with van der Waals surface area (Å²) in [4.78, 5) is 34.7. The lowest BCUT2D eigenvalue weighted by molar-refractivity contribution is -0.145. The first-order valence-electron chi connectivity index (χ1n) is 8.65. The van der Waals surface area contributed by atoms with Gasteiger partial charge in [0.1, 0.15) is 4.83 Å². The third kappa shape index (κ3) is 4.25. The zero-order valence-corrected chi connectivity index (χ0v) is 17.6. The number of aromatic amines is 1. The fraction of sp³-hybridized carbons (Fsp3) is 0.350. The van der Waals surface area contributed by atoms with E-state index in [1.54, 1.807) is 6.92 Å². The van der Waals surface area contributed by atoms with Crippen LogP contribution in [0.25, 0.3) is 10.2 Å². The minimum atomic E-state index is -0.614. The van der Waals surface area contributed by atoms with Crippen molar-refractivity contribution in [2.24, 2.45) is 0 Å². The Balaban J connectivity index is 1.70. The number of thioether (sulfide) groups is 1. The number of aryl methyl sites for hydroxylation is 4. The summed E-state index contributed by atoms with van der Waals surface area (Å²) in [5, 5.41) is 0.616. The summed E-state index contributed by atoms with van der Waals surface area (Å²) in [6, 6.07) is 6.15. The standard InChI is InChI=1S/C20H22N2O3S2/c1-10-6-7-11(2)15(8-10)26-9-16(23)25-13(4)18-21-19(24)17-12(3)14(5)27-20(17)22-18/h6-8,13H,9H2,1-5H3,(H,21,22,24)/t13-/m0/s1. The molecule has 1 atom stereocenters. The van der Waals surface area contributed by atoms with Crippen LogP contribution in [0.3, 0.4) is 0 Å². The molecule has 0 saturated carbocycles. The molecule has 2 aromatic heterocycles. The van der Waals surface area contributed by atoms with Gasteiger partial charge in [0.2, 0.25) is 0 Å². The molecule has 0 spiro atoms. The number of thiophene rings is 1. The molecule has 0 amide bonds. The van der Waals surface area contributed by atoms with Crippen LogP contribution >= 0.6 is 23.1 Å². The van der Waals surface area contributed by atoms with Crippen LogP contribution in [0.2, 0.25) is 0 Å². The van der Waals surface area contributed by atoms with E-state index in [-0.39, 0.29) is 17.3 Å². The molecule has 1 N–H and O–H groups in total. The summed E-state index contributed by atoms with van der Waals surface area (Å²) in [7, 11) is 0. The zero-order valence-electron chi connectivity index (χ0n) is 16.0. The Morgan fingerprint density at radius 2 is 2.04 bits per heavy atom. The lowest BCUT2D eigenvalue weighted by Gasteiger charge is -2.13. The minimum Gasteiger partial charge on any atom is -0.454 e. The fourth-order valence-corrected chi connectivity index (χ4v) is 4.69. The normalized spacial score (nSPS) is 12.3. The number of benzene rings is 1. The third-order valence-corrected chi connectivity index (χ3v) is 6.67. The summed E-state index contributed by atoms with van der Waals surface area (Å²) < 4.78 is 5.48. The Kier molecular flexibility index (Phi) is 5.72. The van der Waals surface area contributed by atoms with Crippen molar-refractivity contribution in [1.29, 1.82) is 0 Å². The maximum absolute atomic E-state index is 12.4. The average molecular weight is 403 g/mol. The largest absolute Gasteiger partial charge is 0.454 e. The number of nitrogens with one attached hydrogen (secondary N) is 1. The molecule has 0 saturated heterocycles. The van der Waals surface area contributed by atoms with Gasteiger partial charge in [0.15, 0.2) is 11.9 Å². The Morgan fingerprint density at radius 3 is 2.78 bits per heavy atom. The number of hydrogen-bond donors (Lipinski definition) is 1. The third-order valence-electron chi connectivity index (χ3n) is 4.44. The zero-order chi connectivity index (χ0) is 19.7. The molecule has 0 radical (unpaired) electrons. The second-order valence-corrected chi connectivity index (χ2v) is 8.82. The summed E-state index contributed by atoms with van der Waals surface area (Å²) in [6.07, 6.45) is -0.614. The van der Waals surface area contributed by atoms with Gasteiger partial charge >= 0.3 is 5.97 Å². The van der Waals surface area contributed by atoms with Crippen LogP contribution in [0.4, 0.5) is 0 Å². The number of nitrogens with zero attached hydrogens (tertiary/aromatic N) is 1. The van der Waals surface area contributed by atoms with Gasteiger partial charge < -0.3 is 9.72 Å². The lowest BCUT2D eigenvalue weighted by Crippen LogP contribution is -2.18. The molecular formula is C20H22N2O3S2. The quantitative estimate of drug-likeness (QED) is 0.498. The van der Waals surface area contributed by atoms with Gasteiger partial charge in [-0.3, -0.25) is 9.59 Å². The lowest BCUT2D eigenvalue weighted by atomic mass is 10.2. The van der Waals surface area contributed by atoms with Crippen LogP contribution in [0.5, 0.6) is 0 Å². The highest BCUT2D eigenvalue weighted by molar-refractivity contribution is 8.00. The molecule has 0 fully saturated rings. The highest BCUT2D eigenvalue weighted by atomic mass is 32.2. The Morgan fingerprint density at radius 1 is 1.30 bits per heavy atom. The van der Waals surface area contributed by atoms with Crippen LogP contribution in [0.1, 0.15) is 40.4 Å². The number of fused-ring (bicyclic) bond motifs is 1. The molecule has 0 aliphatic heterocycles. The maximum atomic E-state index is 12.4. The Bertz CT molecular complexity index is 1070. The first kappa shape index (κ1) is 19.6. The molecular weight excluding hydrogens is 380 g/mol. The number of carbonyl (C=O) groups excluding carboxylic acids is 1. The van der Waals surface area contributed by atoms with Crippen LogP contribution in [-0.4, -0.2) is 21.7 Å². The smallest absolute Gasteiger partial charge is 0.316 e. The van der Waals surface area contributed by atoms with Crippen molar-refractivity contribution in [2.45, 2.75) is 45.6 Å². The number of ether oxygens (including phenoxy) is 1. The number of carbonyl (C=O) groups is 1. The van der Waals surface area contributed by atoms with Crippen molar-refractivity contribution in [3.8, 4) is 0 Å². The van der Waals surface area contributed by atoms with Gasteiger partial charge in [0.25, 0.3) is 5.56 Å². The van der Waals surface area contributed by atoms with Crippen LogP contribution in [0.15, 0.2) is 27.9 Å². The maximum Gasteiger partial charge on any atom is 0.316 e. The highest BCUT2D eigenvalue weighted by Gasteiger charge is 2.18. The summed E-state index contributed by atoms with van der Waals surface area (Å²) in [6.45, 7) is 9.64. The van der Waals surface area contributed by atoms with E-state index in [9.17, 15) is 9.59 Å². The van der Waals surface area contributed by atoms with E-state index in [4.69, 9.17) is 4.74 Å². The topological polar surface area (TPSA) is 72.0 Å². The molecule has 0 aliphatic carbocycles. The van der Waals surface area contributed by atoms with Gasteiger partial charge in [-0.2, -0.15) is 0 Å². The molecule has 142 valence electrons. The molecule has 0 aliphatic rings. The van der Waals surface area contributed by atoms with Gasteiger partial charge in [-0.05, 0) is 51.8 Å². The van der Waals surface area contributed by atoms with Crippen molar-refractivity contribution in [3.63, 3.8) is 0 Å². The van der Waals surface area contributed by atoms with Crippen molar-refractivity contribution in [3.05, 3.63) is 55.9 Å². The van der Waals surface area contributed by atoms with E-state index >= 15 is 0 Å². The number of rotatable bonds is 5.